The van der Waals surface area contributed by atoms with Gasteiger partial charge in [0.25, 0.3) is 0 Å². The standard InChI is InChI=1S/C36H30N2O6/c1-19-16-29(40)33-28(34(19)41)18-27-24(31(33)25-13-12-23(39)17-30(25)44-2)14-15-26-32(27)36(43)38(35(26)42)22-10-8-21(9-11-22)37-20-6-4-3-5-7-20/h3-14,16-17,26-27,31-32,37,39H,15,18H2,1-2H3/t26-,27+,31+,32-/m0/s1. The first-order valence-electron chi connectivity index (χ1n) is 14.6. The zero-order chi connectivity index (χ0) is 30.7. The Hall–Kier alpha value is -5.24. The van der Waals surface area contributed by atoms with Crippen LogP contribution < -0.4 is 15.0 Å². The minimum atomic E-state index is -0.682. The first-order chi connectivity index (χ1) is 21.3. The molecule has 2 N–H and O–H groups in total. The van der Waals surface area contributed by atoms with Crippen LogP contribution in [0, 0.1) is 17.8 Å². The lowest BCUT2D eigenvalue weighted by atomic mass is 9.59. The van der Waals surface area contributed by atoms with E-state index in [1.807, 2.05) is 48.5 Å². The van der Waals surface area contributed by atoms with E-state index in [0.717, 1.165) is 16.9 Å². The molecule has 8 nitrogen and oxygen atoms in total. The van der Waals surface area contributed by atoms with Gasteiger partial charge in [0.15, 0.2) is 11.6 Å². The van der Waals surface area contributed by atoms with Crippen molar-refractivity contribution < 1.29 is 29.0 Å². The van der Waals surface area contributed by atoms with Crippen molar-refractivity contribution in [3.63, 3.8) is 0 Å². The highest BCUT2D eigenvalue weighted by atomic mass is 16.5. The van der Waals surface area contributed by atoms with Gasteiger partial charge in [0.2, 0.25) is 11.8 Å². The van der Waals surface area contributed by atoms with Crippen LogP contribution in [0.2, 0.25) is 0 Å². The van der Waals surface area contributed by atoms with E-state index in [4.69, 9.17) is 4.74 Å². The lowest BCUT2D eigenvalue weighted by molar-refractivity contribution is -0.123. The number of anilines is 3. The number of amides is 2. The summed E-state index contributed by atoms with van der Waals surface area (Å²) in [6.45, 7) is 1.62. The summed E-state index contributed by atoms with van der Waals surface area (Å²) in [5, 5.41) is 13.5. The first-order valence-corrected chi connectivity index (χ1v) is 14.6. The summed E-state index contributed by atoms with van der Waals surface area (Å²) < 4.78 is 5.61. The van der Waals surface area contributed by atoms with Gasteiger partial charge in [0.05, 0.1) is 24.6 Å². The maximum Gasteiger partial charge on any atom is 0.238 e. The molecule has 3 aromatic carbocycles. The Kier molecular flexibility index (Phi) is 6.57. The van der Waals surface area contributed by atoms with Crippen molar-refractivity contribution in [3.8, 4) is 11.5 Å². The number of ether oxygens (including phenoxy) is 1. The van der Waals surface area contributed by atoms with Crippen LogP contribution >= 0.6 is 0 Å². The number of ketones is 2. The predicted molar refractivity (Wildman–Crippen MR) is 165 cm³/mol. The molecule has 4 atom stereocenters. The normalized spacial score (nSPS) is 24.4. The molecule has 7 rings (SSSR count). The number of phenolic OH excluding ortho intramolecular Hbond substituents is 1. The number of nitrogens with zero attached hydrogens (tertiary/aromatic N) is 1. The number of allylic oxidation sites excluding steroid dienone is 6. The lowest BCUT2D eigenvalue weighted by Gasteiger charge is -2.42. The summed E-state index contributed by atoms with van der Waals surface area (Å²) >= 11 is 0. The molecular weight excluding hydrogens is 556 g/mol. The number of carbonyl (C=O) groups excluding carboxylic acids is 4. The second kappa shape index (κ2) is 10.5. The van der Waals surface area contributed by atoms with Crippen LogP contribution in [-0.4, -0.2) is 35.6 Å². The van der Waals surface area contributed by atoms with Crippen molar-refractivity contribution in [2.45, 2.75) is 25.7 Å². The molecule has 0 radical (unpaired) electrons. The highest BCUT2D eigenvalue weighted by molar-refractivity contribution is 6.25. The Morgan fingerprint density at radius 1 is 0.886 bits per heavy atom. The number of nitrogens with one attached hydrogen (secondary N) is 1. The van der Waals surface area contributed by atoms with Crippen LogP contribution in [0.25, 0.3) is 0 Å². The van der Waals surface area contributed by atoms with Crippen LogP contribution in [0.4, 0.5) is 17.1 Å². The van der Waals surface area contributed by atoms with Gasteiger partial charge in [-0.3, -0.25) is 24.1 Å². The van der Waals surface area contributed by atoms with Crippen molar-refractivity contribution in [3.05, 3.63) is 113 Å². The second-order valence-electron chi connectivity index (χ2n) is 11.7. The van der Waals surface area contributed by atoms with Gasteiger partial charge >= 0.3 is 0 Å². The Labute approximate surface area is 254 Å². The van der Waals surface area contributed by atoms with Crippen LogP contribution in [0.15, 0.2) is 107 Å². The molecule has 4 aliphatic rings. The molecule has 220 valence electrons. The zero-order valence-electron chi connectivity index (χ0n) is 24.2. The molecule has 0 spiro atoms. The van der Waals surface area contributed by atoms with Gasteiger partial charge in [0, 0.05) is 45.6 Å². The second-order valence-corrected chi connectivity index (χ2v) is 11.7. The smallest absolute Gasteiger partial charge is 0.238 e. The number of phenols is 1. The van der Waals surface area contributed by atoms with Gasteiger partial charge in [-0.25, -0.2) is 0 Å². The summed E-state index contributed by atoms with van der Waals surface area (Å²) in [4.78, 5) is 56.3. The molecule has 1 fully saturated rings. The van der Waals surface area contributed by atoms with E-state index in [0.29, 0.717) is 40.1 Å². The maximum atomic E-state index is 14.2. The van der Waals surface area contributed by atoms with Crippen LogP contribution in [0.5, 0.6) is 11.5 Å². The lowest BCUT2D eigenvalue weighted by Crippen LogP contribution is -2.39. The Bertz CT molecular complexity index is 1840. The van der Waals surface area contributed by atoms with Crippen molar-refractivity contribution >= 4 is 40.4 Å². The third-order valence-corrected chi connectivity index (χ3v) is 9.28. The number of hydrogen-bond acceptors (Lipinski definition) is 7. The number of aromatic hydroxyl groups is 1. The molecule has 0 unspecified atom stereocenters. The van der Waals surface area contributed by atoms with Crippen LogP contribution in [0.1, 0.15) is 31.2 Å². The highest BCUT2D eigenvalue weighted by Crippen LogP contribution is 2.56. The average Bonchev–Trinajstić information content (AvgIpc) is 3.29. The number of benzene rings is 3. The molecule has 0 saturated carbocycles. The molecule has 2 amide bonds. The van der Waals surface area contributed by atoms with E-state index in [1.165, 1.54) is 30.2 Å². The van der Waals surface area contributed by atoms with Gasteiger partial charge < -0.3 is 15.2 Å². The number of para-hydroxylation sites is 1. The van der Waals surface area contributed by atoms with Crippen molar-refractivity contribution in [1.82, 2.24) is 0 Å². The number of methoxy groups -OCH3 is 1. The third kappa shape index (κ3) is 4.28. The minimum Gasteiger partial charge on any atom is -0.508 e. The van der Waals surface area contributed by atoms with E-state index >= 15 is 0 Å². The number of Topliss-reactive ketones (excluding diaryl/α,β-unsaturated/α-hetero) is 1. The average molecular weight is 587 g/mol. The summed E-state index contributed by atoms with van der Waals surface area (Å²) in [6, 6.07) is 21.6. The molecular formula is C36H30N2O6. The minimum absolute atomic E-state index is 0.00355. The molecule has 1 heterocycles. The Morgan fingerprint density at radius 3 is 2.34 bits per heavy atom. The quantitative estimate of drug-likeness (QED) is 0.221. The molecule has 8 heteroatoms. The van der Waals surface area contributed by atoms with E-state index in [1.54, 1.807) is 25.1 Å². The monoisotopic (exact) mass is 586 g/mol. The highest BCUT2D eigenvalue weighted by Gasteiger charge is 2.56. The molecule has 3 aliphatic carbocycles. The van der Waals surface area contributed by atoms with Crippen molar-refractivity contribution in [2.24, 2.45) is 17.8 Å². The van der Waals surface area contributed by atoms with Gasteiger partial charge in [-0.15, -0.1) is 0 Å². The molecule has 1 aliphatic heterocycles. The molecule has 0 bridgehead atoms. The predicted octanol–water partition coefficient (Wildman–Crippen LogP) is 5.78. The van der Waals surface area contributed by atoms with Crippen molar-refractivity contribution in [2.75, 3.05) is 17.3 Å². The number of rotatable bonds is 5. The third-order valence-electron chi connectivity index (χ3n) is 9.28. The van der Waals surface area contributed by atoms with E-state index in [9.17, 15) is 24.3 Å². The fourth-order valence-corrected chi connectivity index (χ4v) is 7.31. The first kappa shape index (κ1) is 27.6. The van der Waals surface area contributed by atoms with Crippen LogP contribution in [0.3, 0.4) is 0 Å². The van der Waals surface area contributed by atoms with Gasteiger partial charge in [0.1, 0.15) is 11.5 Å². The Morgan fingerprint density at radius 2 is 1.61 bits per heavy atom. The summed E-state index contributed by atoms with van der Waals surface area (Å²) in [5.41, 5.74) is 4.79. The number of carbonyl (C=O) groups is 4. The molecule has 1 saturated heterocycles. The van der Waals surface area contributed by atoms with Crippen LogP contribution in [-0.2, 0) is 19.2 Å². The summed E-state index contributed by atoms with van der Waals surface area (Å²) in [7, 11) is 1.48. The zero-order valence-corrected chi connectivity index (χ0v) is 24.2. The van der Waals surface area contributed by atoms with Gasteiger partial charge in [-0.05, 0) is 74.2 Å². The molecule has 3 aromatic rings. The van der Waals surface area contributed by atoms with E-state index in [-0.39, 0.29) is 35.6 Å². The van der Waals surface area contributed by atoms with Crippen molar-refractivity contribution in [1.29, 1.82) is 0 Å². The number of fused-ring (bicyclic) bond motifs is 3. The topological polar surface area (TPSA) is 113 Å². The number of hydrogen-bond donors (Lipinski definition) is 2. The SMILES string of the molecule is COc1cc(O)ccc1[C@H]1C2=CC[C@@H]3C(=O)N(c4ccc(Nc5ccccc5)cc4)C(=O)[C@@H]3[C@@H]2CC2=C1C(=O)C=C(C)C2=O. The summed E-state index contributed by atoms with van der Waals surface area (Å²) in [5.74, 6) is -3.04. The van der Waals surface area contributed by atoms with Gasteiger partial charge in [-0.2, -0.15) is 0 Å². The fourth-order valence-electron chi connectivity index (χ4n) is 7.31. The Balaban J connectivity index is 1.27. The van der Waals surface area contributed by atoms with Gasteiger partial charge in [-0.1, -0.05) is 35.9 Å². The summed E-state index contributed by atoms with van der Waals surface area (Å²) in [6.07, 6.45) is 3.87. The molecule has 0 aromatic heterocycles. The fraction of sp³-hybridized carbons (Fsp3) is 0.222. The largest absolute Gasteiger partial charge is 0.508 e. The molecule has 44 heavy (non-hydrogen) atoms. The maximum absolute atomic E-state index is 14.2. The number of imide groups is 1. The van der Waals surface area contributed by atoms with E-state index in [2.05, 4.69) is 5.32 Å². The van der Waals surface area contributed by atoms with E-state index < -0.39 is 23.7 Å².